The highest BCUT2D eigenvalue weighted by Gasteiger charge is 2.16. The van der Waals surface area contributed by atoms with Crippen molar-refractivity contribution in [2.24, 2.45) is 0 Å². The summed E-state index contributed by atoms with van der Waals surface area (Å²) in [5.41, 5.74) is 11.1. The van der Waals surface area contributed by atoms with Crippen molar-refractivity contribution in [2.75, 3.05) is 0 Å². The first-order valence-corrected chi connectivity index (χ1v) is 14.0. The van der Waals surface area contributed by atoms with Gasteiger partial charge in [0.1, 0.15) is 0 Å². The van der Waals surface area contributed by atoms with E-state index in [0.29, 0.717) is 0 Å². The third-order valence-electron chi connectivity index (χ3n) is 8.27. The molecule has 6 aromatic carbocycles. The van der Waals surface area contributed by atoms with Crippen molar-refractivity contribution in [2.45, 2.75) is 13.3 Å². The Morgan fingerprint density at radius 1 is 0.400 bits per heavy atom. The first-order chi connectivity index (χ1) is 19.8. The normalized spacial score (nSPS) is 11.7. The number of aromatic nitrogens is 2. The molecule has 2 heteroatoms. The van der Waals surface area contributed by atoms with Crippen LogP contribution in [0, 0.1) is 0 Å². The molecule has 0 N–H and O–H groups in total. The minimum atomic E-state index is 1.02. The number of rotatable bonds is 4. The largest absolute Gasteiger partial charge is 0.309 e. The Kier molecular flexibility index (Phi) is 5.14. The molecule has 0 radical (unpaired) electrons. The molecule has 40 heavy (non-hydrogen) atoms. The Balaban J connectivity index is 1.37. The summed E-state index contributed by atoms with van der Waals surface area (Å²) < 4.78 is 4.77. The maximum Gasteiger partial charge on any atom is 0.0541 e. The fourth-order valence-corrected chi connectivity index (χ4v) is 6.33. The Hall–Kier alpha value is -5.08. The standard InChI is InChI=1S/C38H28N2/c1-2-26-17-20-36-32(23-26)34-25-28(19-22-38(34)40(36)30-13-7-4-8-14-30)27-18-21-37-33(24-27)31-15-9-10-16-35(31)39(37)29-11-5-3-6-12-29/h3-25H,2H2,1H3. The van der Waals surface area contributed by atoms with Crippen molar-refractivity contribution in [3.05, 3.63) is 145 Å². The third kappa shape index (κ3) is 3.43. The summed E-state index contributed by atoms with van der Waals surface area (Å²) in [6.45, 7) is 2.23. The summed E-state index contributed by atoms with van der Waals surface area (Å²) in [5, 5.41) is 5.15. The van der Waals surface area contributed by atoms with Crippen LogP contribution < -0.4 is 0 Å². The molecule has 2 nitrogen and oxygen atoms in total. The molecule has 0 aliphatic carbocycles. The Morgan fingerprint density at radius 3 is 1.43 bits per heavy atom. The van der Waals surface area contributed by atoms with Gasteiger partial charge in [-0.15, -0.1) is 0 Å². The fraction of sp³-hybridized carbons (Fsp3) is 0.0526. The topological polar surface area (TPSA) is 9.86 Å². The van der Waals surface area contributed by atoms with Gasteiger partial charge < -0.3 is 9.13 Å². The highest BCUT2D eigenvalue weighted by atomic mass is 15.0. The quantitative estimate of drug-likeness (QED) is 0.222. The summed E-state index contributed by atoms with van der Waals surface area (Å²) in [6, 6.07) is 50.9. The summed E-state index contributed by atoms with van der Waals surface area (Å²) in [7, 11) is 0. The van der Waals surface area contributed by atoms with E-state index in [-0.39, 0.29) is 0 Å². The van der Waals surface area contributed by atoms with Gasteiger partial charge in [0.15, 0.2) is 0 Å². The van der Waals surface area contributed by atoms with Crippen molar-refractivity contribution in [3.8, 4) is 22.5 Å². The Morgan fingerprint density at radius 2 is 0.850 bits per heavy atom. The van der Waals surface area contributed by atoms with Crippen molar-refractivity contribution in [1.29, 1.82) is 0 Å². The molecule has 0 saturated carbocycles. The van der Waals surface area contributed by atoms with Crippen LogP contribution >= 0.6 is 0 Å². The first kappa shape index (κ1) is 22.9. The molecule has 0 amide bonds. The van der Waals surface area contributed by atoms with Gasteiger partial charge in [0.2, 0.25) is 0 Å². The van der Waals surface area contributed by atoms with Gasteiger partial charge in [-0.1, -0.05) is 79.7 Å². The number of fused-ring (bicyclic) bond motifs is 6. The van der Waals surface area contributed by atoms with Crippen LogP contribution in [0.25, 0.3) is 66.1 Å². The molecule has 8 aromatic rings. The first-order valence-electron chi connectivity index (χ1n) is 14.0. The molecule has 0 bridgehead atoms. The van der Waals surface area contributed by atoms with Crippen LogP contribution in [0.5, 0.6) is 0 Å². The molecular weight excluding hydrogens is 484 g/mol. The molecule has 0 saturated heterocycles. The fourth-order valence-electron chi connectivity index (χ4n) is 6.33. The number of para-hydroxylation sites is 3. The van der Waals surface area contributed by atoms with E-state index in [1.807, 2.05) is 0 Å². The van der Waals surface area contributed by atoms with Crippen molar-refractivity contribution in [1.82, 2.24) is 9.13 Å². The predicted octanol–water partition coefficient (Wildman–Crippen LogP) is 10.1. The molecule has 0 fully saturated rings. The zero-order valence-electron chi connectivity index (χ0n) is 22.4. The second-order valence-electron chi connectivity index (χ2n) is 10.5. The van der Waals surface area contributed by atoms with Crippen LogP contribution in [0.3, 0.4) is 0 Å². The van der Waals surface area contributed by atoms with E-state index in [1.165, 1.54) is 71.7 Å². The van der Waals surface area contributed by atoms with Crippen molar-refractivity contribution >= 4 is 43.6 Å². The highest BCUT2D eigenvalue weighted by Crippen LogP contribution is 2.38. The summed E-state index contributed by atoms with van der Waals surface area (Å²) in [5.74, 6) is 0. The van der Waals surface area contributed by atoms with Crippen LogP contribution in [0.4, 0.5) is 0 Å². The molecule has 0 atom stereocenters. The number of nitrogens with zero attached hydrogens (tertiary/aromatic N) is 2. The minimum Gasteiger partial charge on any atom is -0.309 e. The number of benzene rings is 6. The van der Waals surface area contributed by atoms with E-state index in [9.17, 15) is 0 Å². The Bertz CT molecular complexity index is 2180. The maximum absolute atomic E-state index is 2.39. The van der Waals surface area contributed by atoms with E-state index in [0.717, 1.165) is 6.42 Å². The SMILES string of the molecule is CCc1ccc2c(c1)c1cc(-c3ccc4c(c3)c3ccccc3n4-c3ccccc3)ccc1n2-c1ccccc1. The van der Waals surface area contributed by atoms with Crippen molar-refractivity contribution in [3.63, 3.8) is 0 Å². The monoisotopic (exact) mass is 512 g/mol. The van der Waals surface area contributed by atoms with E-state index in [4.69, 9.17) is 0 Å². The minimum absolute atomic E-state index is 1.02. The van der Waals surface area contributed by atoms with Gasteiger partial charge in [0.25, 0.3) is 0 Å². The van der Waals surface area contributed by atoms with Crippen LogP contribution in [0.15, 0.2) is 140 Å². The van der Waals surface area contributed by atoms with Crippen LogP contribution in [0.1, 0.15) is 12.5 Å². The third-order valence-corrected chi connectivity index (χ3v) is 8.27. The van der Waals surface area contributed by atoms with E-state index in [1.54, 1.807) is 0 Å². The molecular formula is C38H28N2. The van der Waals surface area contributed by atoms with Gasteiger partial charge >= 0.3 is 0 Å². The summed E-state index contributed by atoms with van der Waals surface area (Å²) in [4.78, 5) is 0. The smallest absolute Gasteiger partial charge is 0.0541 e. The number of aryl methyl sites for hydroxylation is 1. The molecule has 0 aliphatic rings. The zero-order chi connectivity index (χ0) is 26.6. The van der Waals surface area contributed by atoms with E-state index in [2.05, 4.69) is 156 Å². The summed E-state index contributed by atoms with van der Waals surface area (Å²) >= 11 is 0. The average Bonchev–Trinajstić information content (AvgIpc) is 3.53. The van der Waals surface area contributed by atoms with E-state index >= 15 is 0 Å². The van der Waals surface area contributed by atoms with Gasteiger partial charge in [0, 0.05) is 32.9 Å². The number of hydrogen-bond donors (Lipinski definition) is 0. The summed E-state index contributed by atoms with van der Waals surface area (Å²) in [6.07, 6.45) is 1.02. The van der Waals surface area contributed by atoms with Gasteiger partial charge in [-0.3, -0.25) is 0 Å². The second kappa shape index (κ2) is 9.00. The zero-order valence-corrected chi connectivity index (χ0v) is 22.4. The lowest BCUT2D eigenvalue weighted by molar-refractivity contribution is 1.14. The average molecular weight is 513 g/mol. The molecule has 2 heterocycles. The molecule has 8 rings (SSSR count). The molecule has 2 aromatic heterocycles. The Labute approximate surface area is 233 Å². The second-order valence-corrected chi connectivity index (χ2v) is 10.5. The molecule has 0 spiro atoms. The number of hydrogen-bond acceptors (Lipinski definition) is 0. The lowest BCUT2D eigenvalue weighted by atomic mass is 10.00. The maximum atomic E-state index is 2.39. The lowest BCUT2D eigenvalue weighted by Gasteiger charge is -2.09. The molecule has 190 valence electrons. The molecule has 0 aliphatic heterocycles. The predicted molar refractivity (Wildman–Crippen MR) is 170 cm³/mol. The van der Waals surface area contributed by atoms with Gasteiger partial charge in [-0.05, 0) is 89.8 Å². The lowest BCUT2D eigenvalue weighted by Crippen LogP contribution is -1.93. The van der Waals surface area contributed by atoms with Crippen molar-refractivity contribution < 1.29 is 0 Å². The van der Waals surface area contributed by atoms with Gasteiger partial charge in [0.05, 0.1) is 22.1 Å². The van der Waals surface area contributed by atoms with Gasteiger partial charge in [-0.25, -0.2) is 0 Å². The van der Waals surface area contributed by atoms with Crippen LogP contribution in [-0.2, 0) is 6.42 Å². The van der Waals surface area contributed by atoms with Gasteiger partial charge in [-0.2, -0.15) is 0 Å². The van der Waals surface area contributed by atoms with Crippen LogP contribution in [0.2, 0.25) is 0 Å². The highest BCUT2D eigenvalue weighted by molar-refractivity contribution is 6.12. The molecule has 0 unspecified atom stereocenters. The van der Waals surface area contributed by atoms with E-state index < -0.39 is 0 Å². The van der Waals surface area contributed by atoms with Crippen LogP contribution in [-0.4, -0.2) is 9.13 Å².